The van der Waals surface area contributed by atoms with Gasteiger partial charge < -0.3 is 5.32 Å². The van der Waals surface area contributed by atoms with E-state index in [1.165, 1.54) is 12.1 Å². The predicted molar refractivity (Wildman–Crippen MR) is 75.0 cm³/mol. The number of non-ortho nitro benzene ring substituents is 1. The Morgan fingerprint density at radius 1 is 1.50 bits per heavy atom. The van der Waals surface area contributed by atoms with Crippen LogP contribution in [-0.4, -0.2) is 14.1 Å². The number of hydrogen-bond donors (Lipinski definition) is 1. The lowest BCUT2D eigenvalue weighted by molar-refractivity contribution is -0.384. The van der Waals surface area contributed by atoms with E-state index in [-0.39, 0.29) is 14.8 Å². The molecule has 0 aliphatic heterocycles. The third-order valence-electron chi connectivity index (χ3n) is 3.07. The van der Waals surface area contributed by atoms with Crippen LogP contribution in [0.4, 0.5) is 11.4 Å². The summed E-state index contributed by atoms with van der Waals surface area (Å²) in [6, 6.07) is 5.89. The summed E-state index contributed by atoms with van der Waals surface area (Å²) in [6.45, 7) is 1.82. The number of amides is 1. The average molecular weight is 378 g/mol. The fourth-order valence-electron chi connectivity index (χ4n) is 1.61. The number of rotatable bonds is 3. The van der Waals surface area contributed by atoms with Crippen molar-refractivity contribution in [3.8, 4) is 0 Å². The van der Waals surface area contributed by atoms with Crippen molar-refractivity contribution in [1.82, 2.24) is 0 Å². The molecule has 0 saturated heterocycles. The van der Waals surface area contributed by atoms with Crippen LogP contribution in [0.25, 0.3) is 0 Å². The van der Waals surface area contributed by atoms with E-state index in [0.29, 0.717) is 12.1 Å². The maximum absolute atomic E-state index is 12.1. The highest BCUT2D eigenvalue weighted by Crippen LogP contribution is 2.66. The molecule has 1 amide bonds. The van der Waals surface area contributed by atoms with Gasteiger partial charge in [0.05, 0.1) is 13.6 Å². The molecule has 1 aromatic carbocycles. The second-order valence-corrected chi connectivity index (χ2v) is 8.25. The number of hydrogen-bond acceptors (Lipinski definition) is 3. The van der Waals surface area contributed by atoms with E-state index in [9.17, 15) is 14.9 Å². The minimum absolute atomic E-state index is 0.0438. The standard InChI is InChI=1S/C11H10Br2N2O3/c1-10(6-11(10,12)13)9(16)14-7-3-2-4-8(5-7)15(17)18/h2-5H,6H2,1H3,(H,14,16)/t10-/m0/s1. The molecule has 1 aliphatic rings. The SMILES string of the molecule is C[C@@]1(C(=O)Nc2cccc([N+](=O)[O-])c2)CC1(Br)Br. The number of anilines is 1. The fourth-order valence-corrected chi connectivity index (χ4v) is 3.09. The third kappa shape index (κ3) is 2.29. The van der Waals surface area contributed by atoms with Crippen LogP contribution in [-0.2, 0) is 4.79 Å². The van der Waals surface area contributed by atoms with Gasteiger partial charge in [-0.3, -0.25) is 14.9 Å². The summed E-state index contributed by atoms with van der Waals surface area (Å²) in [6.07, 6.45) is 0.667. The molecule has 5 nitrogen and oxygen atoms in total. The number of alkyl halides is 2. The Bertz CT molecular complexity index is 533. The van der Waals surface area contributed by atoms with E-state index in [0.717, 1.165) is 0 Å². The molecule has 96 valence electrons. The molecule has 18 heavy (non-hydrogen) atoms. The summed E-state index contributed by atoms with van der Waals surface area (Å²) in [5, 5.41) is 13.3. The molecule has 1 aromatic rings. The molecule has 0 spiro atoms. The number of nitro benzene ring substituents is 1. The third-order valence-corrected chi connectivity index (χ3v) is 5.38. The maximum Gasteiger partial charge on any atom is 0.271 e. The summed E-state index contributed by atoms with van der Waals surface area (Å²) >= 11 is 6.82. The smallest absolute Gasteiger partial charge is 0.271 e. The van der Waals surface area contributed by atoms with Gasteiger partial charge in [-0.2, -0.15) is 0 Å². The Morgan fingerprint density at radius 3 is 2.61 bits per heavy atom. The van der Waals surface area contributed by atoms with Crippen LogP contribution in [0.15, 0.2) is 24.3 Å². The van der Waals surface area contributed by atoms with Gasteiger partial charge >= 0.3 is 0 Å². The molecule has 1 saturated carbocycles. The van der Waals surface area contributed by atoms with Gasteiger partial charge in [-0.05, 0) is 19.4 Å². The minimum atomic E-state index is -0.544. The van der Waals surface area contributed by atoms with Crippen LogP contribution < -0.4 is 5.32 Å². The second kappa shape index (κ2) is 4.31. The zero-order chi connectivity index (χ0) is 13.6. The van der Waals surface area contributed by atoms with Gasteiger partial charge in [0.1, 0.15) is 0 Å². The first kappa shape index (κ1) is 13.5. The average Bonchev–Trinajstić information content (AvgIpc) is 2.80. The molecule has 1 aliphatic carbocycles. The first-order valence-corrected chi connectivity index (χ1v) is 6.79. The molecule has 7 heteroatoms. The predicted octanol–water partition coefficient (Wildman–Crippen LogP) is 3.43. The van der Waals surface area contributed by atoms with Crippen molar-refractivity contribution >= 4 is 49.1 Å². The Hall–Kier alpha value is -0.950. The molecule has 0 aromatic heterocycles. The lowest BCUT2D eigenvalue weighted by Gasteiger charge is -2.12. The molecule has 0 bridgehead atoms. The normalized spacial score (nSPS) is 24.4. The second-order valence-electron chi connectivity index (χ2n) is 4.47. The van der Waals surface area contributed by atoms with E-state index in [1.807, 2.05) is 6.92 Å². The maximum atomic E-state index is 12.1. The fraction of sp³-hybridized carbons (Fsp3) is 0.364. The van der Waals surface area contributed by atoms with Gasteiger partial charge in [-0.25, -0.2) is 0 Å². The van der Waals surface area contributed by atoms with Crippen molar-refractivity contribution in [2.24, 2.45) is 5.41 Å². The Kier molecular flexibility index (Phi) is 3.23. The summed E-state index contributed by atoms with van der Waals surface area (Å²) < 4.78 is -0.377. The molecular weight excluding hydrogens is 368 g/mol. The monoisotopic (exact) mass is 376 g/mol. The number of nitro groups is 1. The Labute approximate surface area is 120 Å². The van der Waals surface area contributed by atoms with Crippen molar-refractivity contribution in [2.75, 3.05) is 5.32 Å². The van der Waals surface area contributed by atoms with Crippen LogP contribution >= 0.6 is 31.9 Å². The van der Waals surface area contributed by atoms with Crippen molar-refractivity contribution in [3.63, 3.8) is 0 Å². The van der Waals surface area contributed by atoms with E-state index >= 15 is 0 Å². The molecule has 0 radical (unpaired) electrons. The van der Waals surface area contributed by atoms with Gasteiger partial charge in [0.2, 0.25) is 5.91 Å². The van der Waals surface area contributed by atoms with Crippen LogP contribution in [0.2, 0.25) is 0 Å². The van der Waals surface area contributed by atoms with E-state index < -0.39 is 10.3 Å². The first-order chi connectivity index (χ1) is 8.26. The largest absolute Gasteiger partial charge is 0.325 e. The van der Waals surface area contributed by atoms with Gasteiger partial charge in [-0.1, -0.05) is 37.9 Å². The Morgan fingerprint density at radius 2 is 2.11 bits per heavy atom. The summed E-state index contributed by atoms with van der Waals surface area (Å²) in [4.78, 5) is 22.2. The van der Waals surface area contributed by atoms with E-state index in [2.05, 4.69) is 37.2 Å². The highest BCUT2D eigenvalue weighted by molar-refractivity contribution is 9.25. The molecular formula is C11H10Br2N2O3. The molecule has 0 heterocycles. The van der Waals surface area contributed by atoms with Gasteiger partial charge in [0.25, 0.3) is 5.69 Å². The molecule has 1 fully saturated rings. The molecule has 1 N–H and O–H groups in total. The lowest BCUT2D eigenvalue weighted by atomic mass is 10.1. The Balaban J connectivity index is 2.13. The van der Waals surface area contributed by atoms with E-state index in [1.54, 1.807) is 12.1 Å². The molecule has 1 atom stereocenters. The van der Waals surface area contributed by atoms with Crippen molar-refractivity contribution in [2.45, 2.75) is 16.6 Å². The number of halogens is 2. The molecule has 2 rings (SSSR count). The quantitative estimate of drug-likeness (QED) is 0.498. The minimum Gasteiger partial charge on any atom is -0.325 e. The van der Waals surface area contributed by atoms with Crippen molar-refractivity contribution < 1.29 is 9.72 Å². The van der Waals surface area contributed by atoms with Gasteiger partial charge in [-0.15, -0.1) is 0 Å². The van der Waals surface area contributed by atoms with Crippen molar-refractivity contribution in [3.05, 3.63) is 34.4 Å². The van der Waals surface area contributed by atoms with Gasteiger partial charge in [0, 0.05) is 17.8 Å². The van der Waals surface area contributed by atoms with Gasteiger partial charge in [0.15, 0.2) is 0 Å². The lowest BCUT2D eigenvalue weighted by Crippen LogP contribution is -2.25. The number of nitrogens with zero attached hydrogens (tertiary/aromatic N) is 1. The zero-order valence-electron chi connectivity index (χ0n) is 9.44. The number of carbonyl (C=O) groups is 1. The number of carbonyl (C=O) groups excluding carboxylic acids is 1. The summed E-state index contributed by atoms with van der Waals surface area (Å²) in [5.41, 5.74) is -0.159. The van der Waals surface area contributed by atoms with E-state index in [4.69, 9.17) is 0 Å². The van der Waals surface area contributed by atoms with Crippen LogP contribution in [0.5, 0.6) is 0 Å². The van der Waals surface area contributed by atoms with Crippen molar-refractivity contribution in [1.29, 1.82) is 0 Å². The summed E-state index contributed by atoms with van der Waals surface area (Å²) in [7, 11) is 0. The first-order valence-electron chi connectivity index (χ1n) is 5.20. The topological polar surface area (TPSA) is 72.2 Å². The van der Waals surface area contributed by atoms with Crippen LogP contribution in [0.3, 0.4) is 0 Å². The van der Waals surface area contributed by atoms with Crippen LogP contribution in [0, 0.1) is 15.5 Å². The highest BCUT2D eigenvalue weighted by atomic mass is 79.9. The molecule has 0 unspecified atom stereocenters. The summed E-state index contributed by atoms with van der Waals surface area (Å²) in [5.74, 6) is -0.170. The highest BCUT2D eigenvalue weighted by Gasteiger charge is 2.66. The zero-order valence-corrected chi connectivity index (χ0v) is 12.6. The number of benzene rings is 1. The van der Waals surface area contributed by atoms with Crippen LogP contribution in [0.1, 0.15) is 13.3 Å². The number of nitrogens with one attached hydrogen (secondary N) is 1.